The fourth-order valence-corrected chi connectivity index (χ4v) is 3.20. The van der Waals surface area contributed by atoms with Crippen molar-refractivity contribution in [3.8, 4) is 0 Å². The van der Waals surface area contributed by atoms with Gasteiger partial charge in [0.05, 0.1) is 11.1 Å². The van der Waals surface area contributed by atoms with Crippen LogP contribution in [0.3, 0.4) is 0 Å². The Labute approximate surface area is 128 Å². The van der Waals surface area contributed by atoms with E-state index in [2.05, 4.69) is 10.5 Å². The van der Waals surface area contributed by atoms with Gasteiger partial charge in [0.1, 0.15) is 11.9 Å². The van der Waals surface area contributed by atoms with E-state index in [0.29, 0.717) is 38.8 Å². The smallest absolute Gasteiger partial charge is 0.309 e. The van der Waals surface area contributed by atoms with Crippen LogP contribution in [0, 0.1) is 11.2 Å². The third-order valence-electron chi connectivity index (χ3n) is 4.54. The van der Waals surface area contributed by atoms with Crippen molar-refractivity contribution < 1.29 is 19.1 Å². The van der Waals surface area contributed by atoms with Gasteiger partial charge in [0.25, 0.3) is 0 Å². The maximum Gasteiger partial charge on any atom is 0.309 e. The topological polar surface area (TPSA) is 70.9 Å². The lowest BCUT2D eigenvalue weighted by Crippen LogP contribution is -2.44. The molecule has 1 aromatic carbocycles. The Morgan fingerprint density at radius 2 is 2.05 bits per heavy atom. The van der Waals surface area contributed by atoms with Crippen molar-refractivity contribution in [3.63, 3.8) is 0 Å². The number of oxime groups is 1. The molecule has 22 heavy (non-hydrogen) atoms. The van der Waals surface area contributed by atoms with Crippen LogP contribution in [0.5, 0.6) is 0 Å². The standard InChI is InChI=1S/C16H19FN2O3/c17-12-3-1-11(2-4-12)14-9-13(22-19-14)10-16(15(20)21)5-7-18-8-6-16/h1-4,13,18H,5-10H2,(H,20,21). The summed E-state index contributed by atoms with van der Waals surface area (Å²) in [6, 6.07) is 6.10. The van der Waals surface area contributed by atoms with Gasteiger partial charge >= 0.3 is 5.97 Å². The van der Waals surface area contributed by atoms with E-state index < -0.39 is 11.4 Å². The summed E-state index contributed by atoms with van der Waals surface area (Å²) in [5, 5.41) is 16.8. The zero-order valence-corrected chi connectivity index (χ0v) is 12.2. The highest BCUT2D eigenvalue weighted by atomic mass is 19.1. The van der Waals surface area contributed by atoms with Crippen LogP contribution in [0.2, 0.25) is 0 Å². The lowest BCUT2D eigenvalue weighted by molar-refractivity contribution is -0.153. The molecular weight excluding hydrogens is 287 g/mol. The van der Waals surface area contributed by atoms with Gasteiger partial charge < -0.3 is 15.3 Å². The Morgan fingerprint density at radius 1 is 1.36 bits per heavy atom. The normalized spacial score (nSPS) is 23.7. The minimum Gasteiger partial charge on any atom is -0.481 e. The molecule has 0 bridgehead atoms. The number of nitrogens with one attached hydrogen (secondary N) is 1. The van der Waals surface area contributed by atoms with E-state index in [0.717, 1.165) is 11.3 Å². The first-order valence-electron chi connectivity index (χ1n) is 7.52. The van der Waals surface area contributed by atoms with E-state index in [9.17, 15) is 14.3 Å². The first-order valence-corrected chi connectivity index (χ1v) is 7.52. The predicted octanol–water partition coefficient (Wildman–Crippen LogP) is 2.16. The zero-order chi connectivity index (χ0) is 15.6. The highest BCUT2D eigenvalue weighted by Crippen LogP contribution is 2.37. The number of rotatable bonds is 4. The summed E-state index contributed by atoms with van der Waals surface area (Å²) in [5.74, 6) is -1.05. The Balaban J connectivity index is 1.66. The molecule has 118 valence electrons. The molecular formula is C16H19FN2O3. The molecule has 0 radical (unpaired) electrons. The molecule has 0 saturated carbocycles. The average molecular weight is 306 g/mol. The molecule has 1 saturated heterocycles. The summed E-state index contributed by atoms with van der Waals surface area (Å²) >= 11 is 0. The Kier molecular flexibility index (Phi) is 4.11. The Hall–Kier alpha value is -1.95. The first kappa shape index (κ1) is 15.0. The zero-order valence-electron chi connectivity index (χ0n) is 12.2. The van der Waals surface area contributed by atoms with Gasteiger partial charge in [0.15, 0.2) is 0 Å². The fraction of sp³-hybridized carbons (Fsp3) is 0.500. The maximum absolute atomic E-state index is 13.0. The summed E-state index contributed by atoms with van der Waals surface area (Å²) in [6.07, 6.45) is 2.00. The van der Waals surface area contributed by atoms with Gasteiger partial charge in [-0.15, -0.1) is 0 Å². The number of carboxylic acid groups (broad SMARTS) is 1. The molecule has 1 fully saturated rings. The third-order valence-corrected chi connectivity index (χ3v) is 4.54. The molecule has 5 nitrogen and oxygen atoms in total. The van der Waals surface area contributed by atoms with Crippen LogP contribution in [-0.2, 0) is 9.63 Å². The number of halogens is 1. The second kappa shape index (κ2) is 6.04. The minimum absolute atomic E-state index is 0.228. The van der Waals surface area contributed by atoms with E-state index >= 15 is 0 Å². The Morgan fingerprint density at radius 3 is 2.68 bits per heavy atom. The number of hydrogen-bond acceptors (Lipinski definition) is 4. The van der Waals surface area contributed by atoms with Crippen LogP contribution in [0.4, 0.5) is 4.39 Å². The molecule has 0 amide bonds. The lowest BCUT2D eigenvalue weighted by atomic mass is 9.74. The minimum atomic E-state index is -0.757. The molecule has 2 N–H and O–H groups in total. The number of benzene rings is 1. The fourth-order valence-electron chi connectivity index (χ4n) is 3.20. The van der Waals surface area contributed by atoms with Crippen molar-refractivity contribution in [3.05, 3.63) is 35.6 Å². The van der Waals surface area contributed by atoms with E-state index in [1.807, 2.05) is 0 Å². The first-order chi connectivity index (χ1) is 10.6. The van der Waals surface area contributed by atoms with Gasteiger partial charge in [0, 0.05) is 12.8 Å². The predicted molar refractivity (Wildman–Crippen MR) is 79.2 cm³/mol. The van der Waals surface area contributed by atoms with Crippen LogP contribution in [0.1, 0.15) is 31.2 Å². The van der Waals surface area contributed by atoms with Crippen molar-refractivity contribution in [1.29, 1.82) is 0 Å². The molecule has 2 aliphatic heterocycles. The molecule has 0 aliphatic carbocycles. The molecule has 1 unspecified atom stereocenters. The monoisotopic (exact) mass is 306 g/mol. The molecule has 0 aromatic heterocycles. The van der Waals surface area contributed by atoms with Crippen LogP contribution in [0.25, 0.3) is 0 Å². The SMILES string of the molecule is O=C(O)C1(CC2CC(c3ccc(F)cc3)=NO2)CCNCC1. The highest BCUT2D eigenvalue weighted by Gasteiger charge is 2.43. The molecule has 3 rings (SSSR count). The van der Waals surface area contributed by atoms with Gasteiger partial charge in [-0.2, -0.15) is 0 Å². The summed E-state index contributed by atoms with van der Waals surface area (Å²) in [5.41, 5.74) is 0.835. The molecule has 2 heterocycles. The van der Waals surface area contributed by atoms with E-state index in [1.165, 1.54) is 12.1 Å². The van der Waals surface area contributed by atoms with Crippen LogP contribution in [-0.4, -0.2) is 36.0 Å². The summed E-state index contributed by atoms with van der Waals surface area (Å²) in [6.45, 7) is 1.43. The van der Waals surface area contributed by atoms with Gasteiger partial charge in [-0.05, 0) is 43.6 Å². The Bertz CT molecular complexity index is 580. The van der Waals surface area contributed by atoms with Crippen LogP contribution < -0.4 is 5.32 Å². The largest absolute Gasteiger partial charge is 0.481 e. The van der Waals surface area contributed by atoms with Crippen molar-refractivity contribution in [1.82, 2.24) is 5.32 Å². The summed E-state index contributed by atoms with van der Waals surface area (Å²) in [7, 11) is 0. The summed E-state index contributed by atoms with van der Waals surface area (Å²) < 4.78 is 13.0. The molecule has 0 spiro atoms. The quantitative estimate of drug-likeness (QED) is 0.894. The van der Waals surface area contributed by atoms with E-state index in [4.69, 9.17) is 4.84 Å². The lowest BCUT2D eigenvalue weighted by Gasteiger charge is -2.34. The molecule has 1 aromatic rings. The number of carbonyl (C=O) groups is 1. The highest BCUT2D eigenvalue weighted by molar-refractivity contribution is 6.01. The number of hydrogen-bond donors (Lipinski definition) is 2. The third kappa shape index (κ3) is 2.97. The second-order valence-corrected chi connectivity index (χ2v) is 6.02. The molecule has 1 atom stereocenters. The number of carboxylic acids is 1. The van der Waals surface area contributed by atoms with E-state index in [-0.39, 0.29) is 11.9 Å². The second-order valence-electron chi connectivity index (χ2n) is 6.02. The summed E-state index contributed by atoms with van der Waals surface area (Å²) in [4.78, 5) is 17.1. The molecule has 6 heteroatoms. The van der Waals surface area contributed by atoms with Crippen molar-refractivity contribution in [2.24, 2.45) is 10.6 Å². The number of aliphatic carboxylic acids is 1. The van der Waals surface area contributed by atoms with Crippen molar-refractivity contribution in [2.45, 2.75) is 31.8 Å². The molecule has 2 aliphatic rings. The van der Waals surface area contributed by atoms with Crippen molar-refractivity contribution >= 4 is 11.7 Å². The van der Waals surface area contributed by atoms with Crippen LogP contribution >= 0.6 is 0 Å². The number of piperidine rings is 1. The average Bonchev–Trinajstić information content (AvgIpc) is 2.97. The van der Waals surface area contributed by atoms with E-state index in [1.54, 1.807) is 12.1 Å². The van der Waals surface area contributed by atoms with Gasteiger partial charge in [-0.25, -0.2) is 4.39 Å². The van der Waals surface area contributed by atoms with Gasteiger partial charge in [-0.3, -0.25) is 4.79 Å². The van der Waals surface area contributed by atoms with Crippen molar-refractivity contribution in [2.75, 3.05) is 13.1 Å². The maximum atomic E-state index is 13.0. The number of nitrogens with zero attached hydrogens (tertiary/aromatic N) is 1. The van der Waals surface area contributed by atoms with Gasteiger partial charge in [0.2, 0.25) is 0 Å². The van der Waals surface area contributed by atoms with Gasteiger partial charge in [-0.1, -0.05) is 17.3 Å². The van der Waals surface area contributed by atoms with Crippen LogP contribution in [0.15, 0.2) is 29.4 Å².